The van der Waals surface area contributed by atoms with Crippen molar-refractivity contribution in [2.75, 3.05) is 0 Å². The number of ether oxygens (including phenoxy) is 1. The smallest absolute Gasteiger partial charge is 0.310 e. The van der Waals surface area contributed by atoms with Crippen LogP contribution in [-0.4, -0.2) is 23.3 Å². The van der Waals surface area contributed by atoms with E-state index in [1.807, 2.05) is 0 Å². The lowest BCUT2D eigenvalue weighted by Gasteiger charge is -2.40. The standard InChI is InChI=1S/C14H22O3/c1-4-5-6-14(11(15)16)8-12(2)7-13(14,3)10-9(12)17-10/h9-10H,4-8H2,1-3H3,(H,15,16). The van der Waals surface area contributed by atoms with Crippen molar-refractivity contribution in [1.82, 2.24) is 0 Å². The van der Waals surface area contributed by atoms with Crippen molar-refractivity contribution in [3.05, 3.63) is 0 Å². The summed E-state index contributed by atoms with van der Waals surface area (Å²) in [4.78, 5) is 11.9. The molecule has 3 fully saturated rings. The third-order valence-corrected chi connectivity index (χ3v) is 5.74. The molecular weight excluding hydrogens is 216 g/mol. The van der Waals surface area contributed by atoms with Crippen LogP contribution in [0.15, 0.2) is 0 Å². The van der Waals surface area contributed by atoms with E-state index in [-0.39, 0.29) is 16.9 Å². The summed E-state index contributed by atoms with van der Waals surface area (Å²) in [6, 6.07) is 0. The van der Waals surface area contributed by atoms with Gasteiger partial charge in [0.05, 0.1) is 17.6 Å². The van der Waals surface area contributed by atoms with Gasteiger partial charge in [-0.05, 0) is 24.7 Å². The van der Waals surface area contributed by atoms with E-state index in [1.54, 1.807) is 0 Å². The Morgan fingerprint density at radius 2 is 2.06 bits per heavy atom. The third-order valence-electron chi connectivity index (χ3n) is 5.74. The number of aliphatic carboxylic acids is 1. The van der Waals surface area contributed by atoms with Crippen molar-refractivity contribution in [1.29, 1.82) is 0 Å². The van der Waals surface area contributed by atoms with Crippen LogP contribution in [0, 0.1) is 16.2 Å². The van der Waals surface area contributed by atoms with E-state index in [1.165, 1.54) is 0 Å². The average molecular weight is 238 g/mol. The van der Waals surface area contributed by atoms with Gasteiger partial charge < -0.3 is 9.84 Å². The Morgan fingerprint density at radius 1 is 1.35 bits per heavy atom. The van der Waals surface area contributed by atoms with Crippen LogP contribution in [0.4, 0.5) is 0 Å². The molecule has 3 rings (SSSR count). The van der Waals surface area contributed by atoms with E-state index in [2.05, 4.69) is 20.8 Å². The highest BCUT2D eigenvalue weighted by atomic mass is 16.6. The van der Waals surface area contributed by atoms with E-state index in [9.17, 15) is 9.90 Å². The number of unbranched alkanes of at least 4 members (excludes halogenated alkanes) is 1. The molecule has 5 unspecified atom stereocenters. The number of carboxylic acids is 1. The molecular formula is C14H22O3. The Kier molecular flexibility index (Phi) is 2.07. The Morgan fingerprint density at radius 3 is 2.53 bits per heavy atom. The fourth-order valence-electron chi connectivity index (χ4n) is 4.94. The highest BCUT2D eigenvalue weighted by molar-refractivity contribution is 5.77. The summed E-state index contributed by atoms with van der Waals surface area (Å²) in [5.74, 6) is -0.592. The van der Waals surface area contributed by atoms with Gasteiger partial charge in [0.25, 0.3) is 0 Å². The summed E-state index contributed by atoms with van der Waals surface area (Å²) < 4.78 is 5.77. The van der Waals surface area contributed by atoms with Crippen LogP contribution < -0.4 is 0 Å². The molecule has 0 aromatic carbocycles. The molecule has 1 heterocycles. The summed E-state index contributed by atoms with van der Waals surface area (Å²) in [5, 5.41) is 9.77. The summed E-state index contributed by atoms with van der Waals surface area (Å²) in [5.41, 5.74) is -0.547. The van der Waals surface area contributed by atoms with E-state index in [0.29, 0.717) is 6.10 Å². The zero-order valence-corrected chi connectivity index (χ0v) is 11.0. The second kappa shape index (κ2) is 3.05. The van der Waals surface area contributed by atoms with Gasteiger partial charge in [-0.15, -0.1) is 0 Å². The zero-order chi connectivity index (χ0) is 12.5. The van der Waals surface area contributed by atoms with E-state index >= 15 is 0 Å². The largest absolute Gasteiger partial charge is 0.481 e. The summed E-state index contributed by atoms with van der Waals surface area (Å²) in [6.07, 6.45) is 5.30. The number of rotatable bonds is 4. The summed E-state index contributed by atoms with van der Waals surface area (Å²) in [7, 11) is 0. The maximum atomic E-state index is 11.9. The molecule has 3 aliphatic rings. The van der Waals surface area contributed by atoms with Crippen LogP contribution in [0.2, 0.25) is 0 Å². The molecule has 2 aliphatic carbocycles. The van der Waals surface area contributed by atoms with Crippen molar-refractivity contribution in [2.24, 2.45) is 16.2 Å². The van der Waals surface area contributed by atoms with Gasteiger partial charge in [-0.2, -0.15) is 0 Å². The molecule has 0 amide bonds. The first-order chi connectivity index (χ1) is 7.90. The monoisotopic (exact) mass is 238 g/mol. The quantitative estimate of drug-likeness (QED) is 0.766. The van der Waals surface area contributed by atoms with Gasteiger partial charge in [-0.3, -0.25) is 4.79 Å². The fraction of sp³-hybridized carbons (Fsp3) is 0.929. The van der Waals surface area contributed by atoms with Crippen LogP contribution in [0.25, 0.3) is 0 Å². The van der Waals surface area contributed by atoms with Crippen molar-refractivity contribution >= 4 is 5.97 Å². The minimum Gasteiger partial charge on any atom is -0.481 e. The lowest BCUT2D eigenvalue weighted by atomic mass is 9.60. The topological polar surface area (TPSA) is 49.8 Å². The van der Waals surface area contributed by atoms with Crippen LogP contribution in [0.1, 0.15) is 52.9 Å². The van der Waals surface area contributed by atoms with Crippen LogP contribution in [0.5, 0.6) is 0 Å². The average Bonchev–Trinajstić information content (AvgIpc) is 2.96. The molecule has 1 aliphatic heterocycles. The predicted octanol–water partition coefficient (Wildman–Crippen LogP) is 2.84. The predicted molar refractivity (Wildman–Crippen MR) is 63.7 cm³/mol. The molecule has 17 heavy (non-hydrogen) atoms. The first-order valence-corrected chi connectivity index (χ1v) is 6.78. The van der Waals surface area contributed by atoms with Gasteiger partial charge in [0.2, 0.25) is 0 Å². The zero-order valence-electron chi connectivity index (χ0n) is 11.0. The van der Waals surface area contributed by atoms with Crippen molar-refractivity contribution in [3.63, 3.8) is 0 Å². The molecule has 96 valence electrons. The lowest BCUT2D eigenvalue weighted by Crippen LogP contribution is -2.47. The first kappa shape index (κ1) is 11.5. The Hall–Kier alpha value is -0.570. The molecule has 2 bridgehead atoms. The molecule has 1 N–H and O–H groups in total. The number of carboxylic acid groups (broad SMARTS) is 1. The van der Waals surface area contributed by atoms with E-state index in [4.69, 9.17) is 4.74 Å². The van der Waals surface area contributed by atoms with Crippen molar-refractivity contribution in [2.45, 2.75) is 65.1 Å². The number of hydrogen-bond acceptors (Lipinski definition) is 2. The molecule has 5 atom stereocenters. The normalized spacial score (nSPS) is 54.8. The maximum absolute atomic E-state index is 11.9. The SMILES string of the molecule is CCCCC1(C(=O)O)CC2(C)CC1(C)C1OC12. The minimum absolute atomic E-state index is 0.117. The van der Waals surface area contributed by atoms with Crippen LogP contribution in [0.3, 0.4) is 0 Å². The molecule has 0 aromatic heterocycles. The van der Waals surface area contributed by atoms with Gasteiger partial charge in [0, 0.05) is 5.41 Å². The molecule has 3 nitrogen and oxygen atoms in total. The van der Waals surface area contributed by atoms with Crippen molar-refractivity contribution in [3.8, 4) is 0 Å². The third kappa shape index (κ3) is 1.14. The Labute approximate surface area is 103 Å². The van der Waals surface area contributed by atoms with Gasteiger partial charge in [-0.25, -0.2) is 0 Å². The fourth-order valence-corrected chi connectivity index (χ4v) is 4.94. The van der Waals surface area contributed by atoms with Crippen LogP contribution in [-0.2, 0) is 9.53 Å². The highest BCUT2D eigenvalue weighted by Gasteiger charge is 2.81. The van der Waals surface area contributed by atoms with E-state index in [0.717, 1.165) is 32.1 Å². The Balaban J connectivity index is 1.98. The number of hydrogen-bond donors (Lipinski definition) is 1. The summed E-state index contributed by atoms with van der Waals surface area (Å²) >= 11 is 0. The minimum atomic E-state index is -0.592. The van der Waals surface area contributed by atoms with Crippen molar-refractivity contribution < 1.29 is 14.6 Å². The second-order valence-electron chi connectivity index (χ2n) is 6.89. The molecule has 0 radical (unpaired) electrons. The molecule has 3 heteroatoms. The van der Waals surface area contributed by atoms with Gasteiger partial charge >= 0.3 is 5.97 Å². The molecule has 2 saturated carbocycles. The number of epoxide rings is 1. The number of carbonyl (C=O) groups is 1. The molecule has 0 aromatic rings. The second-order valence-corrected chi connectivity index (χ2v) is 6.89. The maximum Gasteiger partial charge on any atom is 0.310 e. The van der Waals surface area contributed by atoms with Gasteiger partial charge in [0.1, 0.15) is 0 Å². The summed E-state index contributed by atoms with van der Waals surface area (Å²) in [6.45, 7) is 6.50. The van der Waals surface area contributed by atoms with E-state index < -0.39 is 11.4 Å². The Bertz CT molecular complexity index is 380. The van der Waals surface area contributed by atoms with Crippen LogP contribution >= 0.6 is 0 Å². The van der Waals surface area contributed by atoms with Gasteiger partial charge in [-0.1, -0.05) is 33.6 Å². The highest BCUT2D eigenvalue weighted by Crippen LogP contribution is 2.77. The van der Waals surface area contributed by atoms with Gasteiger partial charge in [0.15, 0.2) is 0 Å². The number of fused-ring (bicyclic) bond motifs is 5. The molecule has 0 spiro atoms. The molecule has 1 saturated heterocycles. The lowest BCUT2D eigenvalue weighted by molar-refractivity contribution is -0.158. The first-order valence-electron chi connectivity index (χ1n) is 6.78.